The van der Waals surface area contributed by atoms with Gasteiger partial charge in [-0.25, -0.2) is 4.98 Å². The molecule has 5 heteroatoms. The average molecular weight is 307 g/mol. The second-order valence-corrected chi connectivity index (χ2v) is 7.42. The lowest BCUT2D eigenvalue weighted by atomic mass is 10.0. The van der Waals surface area contributed by atoms with Crippen LogP contribution in [0.4, 0.5) is 5.13 Å². The lowest BCUT2D eigenvalue weighted by Crippen LogP contribution is -2.29. The minimum Gasteiger partial charge on any atom is -0.343 e. The van der Waals surface area contributed by atoms with Gasteiger partial charge in [-0.3, -0.25) is 0 Å². The topological polar surface area (TPSA) is 42.2 Å². The summed E-state index contributed by atoms with van der Waals surface area (Å²) in [5, 5.41) is 3.35. The van der Waals surface area contributed by atoms with E-state index in [0.717, 1.165) is 31.1 Å². The first-order valence-corrected chi connectivity index (χ1v) is 8.92. The monoisotopic (exact) mass is 307 g/mol. The van der Waals surface area contributed by atoms with E-state index in [0.29, 0.717) is 12.5 Å². The zero-order chi connectivity index (χ0) is 14.1. The summed E-state index contributed by atoms with van der Waals surface area (Å²) in [5.41, 5.74) is 8.58. The van der Waals surface area contributed by atoms with Crippen LogP contribution < -0.4 is 10.6 Å². The van der Waals surface area contributed by atoms with Crippen LogP contribution in [0.1, 0.15) is 47.2 Å². The Bertz CT molecular complexity index is 588. The molecule has 2 aromatic rings. The zero-order valence-corrected chi connectivity index (χ0v) is 13.7. The highest BCUT2D eigenvalue weighted by atomic mass is 32.1. The van der Waals surface area contributed by atoms with E-state index in [-0.39, 0.29) is 0 Å². The van der Waals surface area contributed by atoms with Crippen molar-refractivity contribution in [1.82, 2.24) is 4.98 Å². The van der Waals surface area contributed by atoms with Gasteiger partial charge in [-0.05, 0) is 35.8 Å². The van der Waals surface area contributed by atoms with Crippen LogP contribution in [0.3, 0.4) is 0 Å². The molecule has 0 bridgehead atoms. The van der Waals surface area contributed by atoms with Crippen molar-refractivity contribution in [3.05, 3.63) is 32.5 Å². The Kier molecular flexibility index (Phi) is 4.10. The third-order valence-electron chi connectivity index (χ3n) is 4.06. The van der Waals surface area contributed by atoms with Gasteiger partial charge in [0.1, 0.15) is 0 Å². The summed E-state index contributed by atoms with van der Waals surface area (Å²) in [5.74, 6) is 0.500. The van der Waals surface area contributed by atoms with Gasteiger partial charge in [0.05, 0.1) is 5.69 Å². The summed E-state index contributed by atoms with van der Waals surface area (Å²) in [7, 11) is 0. The van der Waals surface area contributed by atoms with Crippen molar-refractivity contribution in [2.45, 2.75) is 45.7 Å². The second-order valence-electron chi connectivity index (χ2n) is 5.36. The Labute approximate surface area is 128 Å². The molecule has 3 nitrogen and oxygen atoms in total. The molecule has 3 heterocycles. The molecule has 0 aromatic carbocycles. The number of aromatic nitrogens is 1. The van der Waals surface area contributed by atoms with Crippen LogP contribution in [-0.2, 0) is 19.5 Å². The Hall–Kier alpha value is -0.910. The maximum atomic E-state index is 5.90. The Morgan fingerprint density at radius 1 is 1.50 bits per heavy atom. The van der Waals surface area contributed by atoms with Crippen LogP contribution in [0.2, 0.25) is 0 Å². The number of fused-ring (bicyclic) bond motifs is 1. The summed E-state index contributed by atoms with van der Waals surface area (Å²) in [6.45, 7) is 7.13. The third kappa shape index (κ3) is 2.50. The predicted octanol–water partition coefficient (Wildman–Crippen LogP) is 3.74. The van der Waals surface area contributed by atoms with E-state index in [9.17, 15) is 0 Å². The van der Waals surface area contributed by atoms with Crippen LogP contribution >= 0.6 is 22.7 Å². The van der Waals surface area contributed by atoms with E-state index < -0.39 is 0 Å². The van der Waals surface area contributed by atoms with E-state index in [4.69, 9.17) is 10.7 Å². The number of nitrogens with two attached hydrogens (primary N) is 1. The smallest absolute Gasteiger partial charge is 0.186 e. The number of hydrogen-bond acceptors (Lipinski definition) is 5. The van der Waals surface area contributed by atoms with Gasteiger partial charge in [0.25, 0.3) is 0 Å². The molecule has 20 heavy (non-hydrogen) atoms. The molecule has 1 unspecified atom stereocenters. The molecule has 3 rings (SSSR count). The Morgan fingerprint density at radius 3 is 3.10 bits per heavy atom. The zero-order valence-electron chi connectivity index (χ0n) is 12.1. The van der Waals surface area contributed by atoms with Crippen LogP contribution in [0, 0.1) is 0 Å². The molecule has 108 valence electrons. The molecular formula is C15H21N3S2. The second kappa shape index (κ2) is 5.84. The molecule has 2 N–H and O–H groups in total. The van der Waals surface area contributed by atoms with Gasteiger partial charge in [0.2, 0.25) is 0 Å². The molecule has 0 radical (unpaired) electrons. The van der Waals surface area contributed by atoms with E-state index in [2.05, 4.69) is 30.2 Å². The molecule has 0 saturated carbocycles. The Morgan fingerprint density at radius 2 is 2.35 bits per heavy atom. The van der Waals surface area contributed by atoms with Crippen LogP contribution in [0.5, 0.6) is 0 Å². The molecule has 0 amide bonds. The summed E-state index contributed by atoms with van der Waals surface area (Å²) in [6.07, 6.45) is 2.26. The molecule has 2 aromatic heterocycles. The van der Waals surface area contributed by atoms with Gasteiger partial charge in [0.15, 0.2) is 5.13 Å². The number of hydrogen-bond donors (Lipinski definition) is 1. The SMILES string of the molecule is CCC(C)c1nc(N2CCc3sccc3C2)sc1CN. The fourth-order valence-corrected chi connectivity index (χ4v) is 4.60. The number of anilines is 1. The van der Waals surface area contributed by atoms with Gasteiger partial charge in [-0.1, -0.05) is 13.8 Å². The molecule has 0 fully saturated rings. The lowest BCUT2D eigenvalue weighted by Gasteiger charge is -2.26. The minimum absolute atomic E-state index is 0.500. The van der Waals surface area contributed by atoms with E-state index in [1.54, 1.807) is 16.2 Å². The van der Waals surface area contributed by atoms with Gasteiger partial charge in [-0.2, -0.15) is 0 Å². The van der Waals surface area contributed by atoms with Crippen molar-refractivity contribution in [2.75, 3.05) is 11.4 Å². The van der Waals surface area contributed by atoms with Crippen molar-refractivity contribution in [3.8, 4) is 0 Å². The number of thiophene rings is 1. The van der Waals surface area contributed by atoms with Gasteiger partial charge >= 0.3 is 0 Å². The summed E-state index contributed by atoms with van der Waals surface area (Å²) in [4.78, 5) is 10.1. The fraction of sp³-hybridized carbons (Fsp3) is 0.533. The standard InChI is InChI=1S/C15H21N3S2/c1-3-10(2)14-13(8-16)20-15(17-14)18-6-4-12-11(9-18)5-7-19-12/h5,7,10H,3-4,6,8-9,16H2,1-2H3. The first kappa shape index (κ1) is 14.0. The van der Waals surface area contributed by atoms with Gasteiger partial charge < -0.3 is 10.6 Å². The van der Waals surface area contributed by atoms with Crippen molar-refractivity contribution in [2.24, 2.45) is 5.73 Å². The molecular weight excluding hydrogens is 286 g/mol. The average Bonchev–Trinajstić information content (AvgIpc) is 3.11. The van der Waals surface area contributed by atoms with Crippen LogP contribution in [-0.4, -0.2) is 11.5 Å². The summed E-state index contributed by atoms with van der Waals surface area (Å²) < 4.78 is 0. The van der Waals surface area contributed by atoms with Crippen LogP contribution in [0.25, 0.3) is 0 Å². The summed E-state index contributed by atoms with van der Waals surface area (Å²) >= 11 is 3.66. The van der Waals surface area contributed by atoms with E-state index in [1.165, 1.54) is 16.1 Å². The Balaban J connectivity index is 1.86. The highest BCUT2D eigenvalue weighted by Crippen LogP contribution is 2.35. The highest BCUT2D eigenvalue weighted by molar-refractivity contribution is 7.15. The van der Waals surface area contributed by atoms with Gasteiger partial charge in [0, 0.05) is 29.4 Å². The molecule has 0 spiro atoms. The molecule has 1 atom stereocenters. The maximum Gasteiger partial charge on any atom is 0.186 e. The lowest BCUT2D eigenvalue weighted by molar-refractivity contribution is 0.694. The highest BCUT2D eigenvalue weighted by Gasteiger charge is 2.22. The van der Waals surface area contributed by atoms with Gasteiger partial charge in [-0.15, -0.1) is 22.7 Å². The summed E-state index contributed by atoms with van der Waals surface area (Å²) in [6, 6.07) is 2.25. The number of nitrogens with zero attached hydrogens (tertiary/aromatic N) is 2. The minimum atomic E-state index is 0.500. The third-order valence-corrected chi connectivity index (χ3v) is 6.24. The van der Waals surface area contributed by atoms with E-state index >= 15 is 0 Å². The largest absolute Gasteiger partial charge is 0.343 e. The van der Waals surface area contributed by atoms with Crippen LogP contribution in [0.15, 0.2) is 11.4 Å². The number of thiazole rings is 1. The molecule has 0 aliphatic carbocycles. The van der Waals surface area contributed by atoms with Crippen molar-refractivity contribution < 1.29 is 0 Å². The molecule has 0 saturated heterocycles. The van der Waals surface area contributed by atoms with E-state index in [1.807, 2.05) is 11.3 Å². The first-order valence-electron chi connectivity index (χ1n) is 7.22. The van der Waals surface area contributed by atoms with Crippen molar-refractivity contribution in [3.63, 3.8) is 0 Å². The van der Waals surface area contributed by atoms with Crippen molar-refractivity contribution >= 4 is 27.8 Å². The molecule has 1 aliphatic rings. The fourth-order valence-electron chi connectivity index (χ4n) is 2.62. The predicted molar refractivity (Wildman–Crippen MR) is 87.8 cm³/mol. The normalized spacial score (nSPS) is 16.2. The quantitative estimate of drug-likeness (QED) is 0.935. The molecule has 1 aliphatic heterocycles. The van der Waals surface area contributed by atoms with Crippen molar-refractivity contribution in [1.29, 1.82) is 0 Å². The number of rotatable bonds is 4. The maximum absolute atomic E-state index is 5.90. The first-order chi connectivity index (χ1) is 9.72.